The molecule has 0 aromatic carbocycles. The summed E-state index contributed by atoms with van der Waals surface area (Å²) in [5, 5.41) is 0. The Hall–Kier alpha value is -2.43. The lowest BCUT2D eigenvalue weighted by atomic mass is 10.0. The summed E-state index contributed by atoms with van der Waals surface area (Å²) in [4.78, 5) is 18.4. The Labute approximate surface area is 149 Å². The Morgan fingerprint density at radius 2 is 1.44 bits per heavy atom. The molecule has 130 valence electrons. The Morgan fingerprint density at radius 3 is 1.92 bits per heavy atom. The molecule has 2 aromatic heterocycles. The van der Waals surface area contributed by atoms with Gasteiger partial charge in [-0.3, -0.25) is 9.97 Å². The fourth-order valence-corrected chi connectivity index (χ4v) is 3.78. The molecule has 2 aliphatic heterocycles. The maximum absolute atomic E-state index is 5.05. The number of aryl methyl sites for hydroxylation is 2. The molecule has 0 aliphatic carbocycles. The summed E-state index contributed by atoms with van der Waals surface area (Å²) in [6, 6.07) is 4.50. The van der Waals surface area contributed by atoms with Gasteiger partial charge in [0, 0.05) is 43.9 Å². The monoisotopic (exact) mass is 335 g/mol. The molecule has 0 atom stereocenters. The zero-order chi connectivity index (χ0) is 17.2. The van der Waals surface area contributed by atoms with Gasteiger partial charge in [-0.15, -0.1) is 0 Å². The number of aromatic nitrogens is 2. The zero-order valence-corrected chi connectivity index (χ0v) is 15.0. The van der Waals surface area contributed by atoms with E-state index in [1.165, 1.54) is 22.5 Å². The van der Waals surface area contributed by atoms with Crippen LogP contribution in [0.3, 0.4) is 0 Å². The number of rotatable bonds is 1. The number of fused-ring (bicyclic) bond motifs is 2. The van der Waals surface area contributed by atoms with Gasteiger partial charge in [-0.2, -0.15) is 0 Å². The van der Waals surface area contributed by atoms with E-state index < -0.39 is 0 Å². The van der Waals surface area contributed by atoms with E-state index in [1.54, 1.807) is 0 Å². The number of pyridine rings is 2. The minimum atomic E-state index is 0.245. The van der Waals surface area contributed by atoms with Gasteiger partial charge in [0.2, 0.25) is 5.96 Å². The van der Waals surface area contributed by atoms with E-state index in [1.807, 2.05) is 24.8 Å². The highest BCUT2D eigenvalue weighted by Crippen LogP contribution is 2.32. The Kier molecular flexibility index (Phi) is 4.38. The second-order valence-electron chi connectivity index (χ2n) is 7.04. The summed E-state index contributed by atoms with van der Waals surface area (Å²) < 4.78 is 0. The second kappa shape index (κ2) is 6.82. The lowest BCUT2D eigenvalue weighted by Crippen LogP contribution is -2.49. The molecule has 4 heterocycles. The molecule has 2 aliphatic rings. The van der Waals surface area contributed by atoms with Gasteiger partial charge >= 0.3 is 0 Å². The molecule has 5 nitrogen and oxygen atoms in total. The summed E-state index contributed by atoms with van der Waals surface area (Å²) in [5.74, 6) is 1.06. The first kappa shape index (κ1) is 16.1. The first-order valence-electron chi connectivity index (χ1n) is 9.22. The van der Waals surface area contributed by atoms with Crippen LogP contribution in [0, 0.1) is 0 Å². The summed E-state index contributed by atoms with van der Waals surface area (Å²) >= 11 is 0. The minimum Gasteiger partial charge on any atom is -0.312 e. The van der Waals surface area contributed by atoms with E-state index in [4.69, 9.17) is 4.99 Å². The molecule has 5 heteroatoms. The molecule has 0 bridgehead atoms. The van der Waals surface area contributed by atoms with E-state index in [0.29, 0.717) is 0 Å². The first-order valence-corrected chi connectivity index (χ1v) is 9.22. The van der Waals surface area contributed by atoms with Crippen LogP contribution < -0.4 is 9.80 Å². The minimum absolute atomic E-state index is 0.245. The molecule has 2 aromatic rings. The van der Waals surface area contributed by atoms with E-state index in [9.17, 15) is 0 Å². The van der Waals surface area contributed by atoms with Crippen LogP contribution in [0.4, 0.5) is 11.4 Å². The van der Waals surface area contributed by atoms with Crippen LogP contribution in [-0.4, -0.2) is 35.1 Å². The number of hydrogen-bond donors (Lipinski definition) is 0. The van der Waals surface area contributed by atoms with Crippen molar-refractivity contribution in [2.75, 3.05) is 22.9 Å². The zero-order valence-electron chi connectivity index (χ0n) is 15.0. The van der Waals surface area contributed by atoms with Crippen molar-refractivity contribution in [2.45, 2.75) is 45.6 Å². The topological polar surface area (TPSA) is 44.6 Å². The largest absolute Gasteiger partial charge is 0.312 e. The highest BCUT2D eigenvalue weighted by Gasteiger charge is 2.29. The highest BCUT2D eigenvalue weighted by atomic mass is 15.4. The van der Waals surface area contributed by atoms with Crippen molar-refractivity contribution in [3.05, 3.63) is 48.0 Å². The molecule has 25 heavy (non-hydrogen) atoms. The van der Waals surface area contributed by atoms with Gasteiger partial charge < -0.3 is 9.80 Å². The van der Waals surface area contributed by atoms with Crippen molar-refractivity contribution < 1.29 is 0 Å². The molecule has 0 fully saturated rings. The standard InChI is InChI=1S/C20H25N5/c1-15(2)23-20(24-11-3-5-16-13-21-9-7-18(16)24)25-12-4-6-17-14-22-10-8-19(17)25/h7-10,13-15H,3-6,11-12H2,1-2H3. The summed E-state index contributed by atoms with van der Waals surface area (Å²) in [7, 11) is 0. The predicted molar refractivity (Wildman–Crippen MR) is 102 cm³/mol. The highest BCUT2D eigenvalue weighted by molar-refractivity contribution is 6.08. The van der Waals surface area contributed by atoms with Crippen molar-refractivity contribution in [3.63, 3.8) is 0 Å². The number of nitrogens with zero attached hydrogens (tertiary/aromatic N) is 5. The lowest BCUT2D eigenvalue weighted by Gasteiger charge is -2.40. The predicted octanol–water partition coefficient (Wildman–Crippen LogP) is 3.45. The molecular weight excluding hydrogens is 310 g/mol. The fourth-order valence-electron chi connectivity index (χ4n) is 3.78. The maximum atomic E-state index is 5.05. The van der Waals surface area contributed by atoms with Gasteiger partial charge in [0.15, 0.2) is 0 Å². The Balaban J connectivity index is 1.79. The van der Waals surface area contributed by atoms with Crippen LogP contribution >= 0.6 is 0 Å². The van der Waals surface area contributed by atoms with Crippen LogP contribution in [-0.2, 0) is 12.8 Å². The normalized spacial score (nSPS) is 16.4. The smallest absolute Gasteiger partial charge is 0.206 e. The third-order valence-corrected chi connectivity index (χ3v) is 4.85. The van der Waals surface area contributed by atoms with Crippen molar-refractivity contribution >= 4 is 17.3 Å². The van der Waals surface area contributed by atoms with Crippen molar-refractivity contribution in [1.82, 2.24) is 9.97 Å². The first-order chi connectivity index (χ1) is 12.2. The van der Waals surface area contributed by atoms with Gasteiger partial charge in [0.05, 0.1) is 11.4 Å². The maximum Gasteiger partial charge on any atom is 0.206 e. The van der Waals surface area contributed by atoms with Crippen LogP contribution in [0.25, 0.3) is 0 Å². The van der Waals surface area contributed by atoms with E-state index in [-0.39, 0.29) is 6.04 Å². The number of guanidine groups is 1. The van der Waals surface area contributed by atoms with Gasteiger partial charge in [0.25, 0.3) is 0 Å². The quantitative estimate of drug-likeness (QED) is 0.591. The van der Waals surface area contributed by atoms with Gasteiger partial charge in [-0.05, 0) is 62.8 Å². The van der Waals surface area contributed by atoms with E-state index in [0.717, 1.165) is 44.7 Å². The summed E-state index contributed by atoms with van der Waals surface area (Å²) in [6.07, 6.45) is 12.2. The second-order valence-corrected chi connectivity index (χ2v) is 7.04. The average molecular weight is 335 g/mol. The van der Waals surface area contributed by atoms with E-state index >= 15 is 0 Å². The average Bonchev–Trinajstić information content (AvgIpc) is 2.65. The molecule has 4 rings (SSSR count). The number of aliphatic imine (C=N–C) groups is 1. The molecular formula is C20H25N5. The van der Waals surface area contributed by atoms with Gasteiger partial charge in [-0.1, -0.05) is 0 Å². The molecule has 0 saturated heterocycles. The van der Waals surface area contributed by atoms with Crippen LogP contribution in [0.15, 0.2) is 41.9 Å². The fraction of sp³-hybridized carbons (Fsp3) is 0.450. The van der Waals surface area contributed by atoms with Gasteiger partial charge in [0.1, 0.15) is 0 Å². The van der Waals surface area contributed by atoms with Crippen molar-refractivity contribution in [1.29, 1.82) is 0 Å². The van der Waals surface area contributed by atoms with E-state index in [2.05, 4.69) is 45.7 Å². The van der Waals surface area contributed by atoms with Crippen molar-refractivity contribution in [3.8, 4) is 0 Å². The number of hydrogen-bond acceptors (Lipinski definition) is 3. The third kappa shape index (κ3) is 3.11. The Morgan fingerprint density at radius 1 is 0.920 bits per heavy atom. The van der Waals surface area contributed by atoms with Crippen LogP contribution in [0.1, 0.15) is 37.8 Å². The van der Waals surface area contributed by atoms with Crippen LogP contribution in [0.2, 0.25) is 0 Å². The third-order valence-electron chi connectivity index (χ3n) is 4.85. The molecule has 0 amide bonds. The molecule has 0 unspecified atom stereocenters. The molecule has 0 N–H and O–H groups in total. The lowest BCUT2D eigenvalue weighted by molar-refractivity contribution is 0.723. The SMILES string of the molecule is CC(C)N=C(N1CCCc2cnccc21)N1CCCc2cnccc21. The summed E-state index contributed by atoms with van der Waals surface area (Å²) in [5.41, 5.74) is 5.14. The Bertz CT molecular complexity index is 724. The number of anilines is 2. The molecule has 0 radical (unpaired) electrons. The molecule has 0 saturated carbocycles. The molecule has 0 spiro atoms. The van der Waals surface area contributed by atoms with Crippen LogP contribution in [0.5, 0.6) is 0 Å². The summed E-state index contributed by atoms with van der Waals surface area (Å²) in [6.45, 7) is 6.29. The van der Waals surface area contributed by atoms with Gasteiger partial charge in [-0.25, -0.2) is 4.99 Å². The van der Waals surface area contributed by atoms with Crippen molar-refractivity contribution in [2.24, 2.45) is 4.99 Å².